The van der Waals surface area contributed by atoms with E-state index in [1.165, 1.54) is 12.8 Å². The minimum Gasteiger partial charge on any atom is -0.444 e. The third-order valence-electron chi connectivity index (χ3n) is 13.2. The van der Waals surface area contributed by atoms with Crippen LogP contribution in [0.4, 0.5) is 4.79 Å². The van der Waals surface area contributed by atoms with Gasteiger partial charge >= 0.3 is 17.5 Å². The van der Waals surface area contributed by atoms with E-state index >= 15 is 0 Å². The summed E-state index contributed by atoms with van der Waals surface area (Å²) >= 11 is 0. The molecule has 2 aliphatic rings. The molecule has 1 saturated heterocycles. The number of ether oxygens (including phenoxy) is 1. The van der Waals surface area contributed by atoms with Crippen LogP contribution in [0.2, 0.25) is 0 Å². The molecule has 2 aromatic carbocycles. The molecular weight excluding hydrogens is 875 g/mol. The van der Waals surface area contributed by atoms with Crippen LogP contribution >= 0.6 is 0 Å². The topological polar surface area (TPSA) is 196 Å². The number of carbonyl (C=O) groups excluding carboxylic acids is 1. The molecule has 69 heavy (non-hydrogen) atoms. The first-order chi connectivity index (χ1) is 33.4. The van der Waals surface area contributed by atoms with Crippen LogP contribution in [0.5, 0.6) is 0 Å². The number of pyridine rings is 4. The monoisotopic (exact) mass is 923 g/mol. The van der Waals surface area contributed by atoms with Gasteiger partial charge in [0.2, 0.25) is 0 Å². The Kier molecular flexibility index (Phi) is 10.7. The van der Waals surface area contributed by atoms with Gasteiger partial charge in [-0.1, -0.05) is 35.4 Å². The average molecular weight is 924 g/mol. The number of aryl methyl sites for hydroxylation is 2. The van der Waals surface area contributed by atoms with Crippen LogP contribution in [0, 0.1) is 0 Å². The maximum absolute atomic E-state index is 13.5. The number of fused-ring (bicyclic) bond motifs is 6. The highest BCUT2D eigenvalue weighted by Gasteiger charge is 2.33. The van der Waals surface area contributed by atoms with E-state index in [-0.39, 0.29) is 29.6 Å². The molecule has 10 aromatic rings. The summed E-state index contributed by atoms with van der Waals surface area (Å²) in [6, 6.07) is 20.1. The summed E-state index contributed by atoms with van der Waals surface area (Å²) in [5, 5.41) is 17.5. The Labute approximate surface area is 394 Å². The number of amides is 1. The number of carbonyl (C=O) groups is 1. The van der Waals surface area contributed by atoms with E-state index < -0.39 is 5.60 Å². The van der Waals surface area contributed by atoms with Crippen molar-refractivity contribution >= 4 is 50.0 Å². The zero-order valence-electron chi connectivity index (χ0n) is 38.8. The minimum atomic E-state index is -0.577. The number of likely N-dealkylation sites (tertiary alicyclic amines) is 1. The SMILES string of the molecule is Cn1c(=O)n(C2CCCC2)c2c3cc(-c4ccc(-n5ccnn5)nc4)ccc3ncc21.Cn1c(=O)n([C@H]2CCN(C(=O)OC(C)(C)C)C2)c2c3cc(-c4ccc(-n5ccnn5)nc4)ccc3ncc21. The van der Waals surface area contributed by atoms with Gasteiger partial charge in [-0.2, -0.15) is 0 Å². The van der Waals surface area contributed by atoms with Gasteiger partial charge in [-0.25, -0.2) is 33.7 Å². The summed E-state index contributed by atoms with van der Waals surface area (Å²) in [5.41, 5.74) is 8.34. The first-order valence-electron chi connectivity index (χ1n) is 23.0. The summed E-state index contributed by atoms with van der Waals surface area (Å²) < 4.78 is 16.0. The zero-order valence-corrected chi connectivity index (χ0v) is 38.8. The lowest BCUT2D eigenvalue weighted by Crippen LogP contribution is -2.36. The van der Waals surface area contributed by atoms with Crippen LogP contribution in [0.25, 0.3) is 77.8 Å². The maximum Gasteiger partial charge on any atom is 0.410 e. The predicted molar refractivity (Wildman–Crippen MR) is 260 cm³/mol. The third kappa shape index (κ3) is 7.88. The van der Waals surface area contributed by atoms with Crippen LogP contribution in [0.3, 0.4) is 0 Å². The highest BCUT2D eigenvalue weighted by molar-refractivity contribution is 6.05. The van der Waals surface area contributed by atoms with Gasteiger partial charge in [0.25, 0.3) is 0 Å². The number of hydrogen-bond acceptors (Lipinski definition) is 12. The van der Waals surface area contributed by atoms with Gasteiger partial charge < -0.3 is 9.64 Å². The molecule has 1 aliphatic carbocycles. The molecule has 1 aliphatic heterocycles. The lowest BCUT2D eigenvalue weighted by atomic mass is 10.0. The van der Waals surface area contributed by atoms with Crippen molar-refractivity contribution in [3.8, 4) is 33.9 Å². The van der Waals surface area contributed by atoms with Crippen LogP contribution in [0.1, 0.15) is 65.0 Å². The summed E-state index contributed by atoms with van der Waals surface area (Å²) in [4.78, 5) is 59.2. The lowest BCUT2D eigenvalue weighted by Gasteiger charge is -2.24. The molecule has 1 atom stereocenters. The van der Waals surface area contributed by atoms with Crippen LogP contribution in [0.15, 0.2) is 120 Å². The fourth-order valence-electron chi connectivity index (χ4n) is 9.74. The van der Waals surface area contributed by atoms with Gasteiger partial charge in [-0.3, -0.25) is 28.2 Å². The normalized spacial score (nSPS) is 15.4. The van der Waals surface area contributed by atoms with E-state index in [9.17, 15) is 14.4 Å². The van der Waals surface area contributed by atoms with Gasteiger partial charge in [-0.15, -0.1) is 10.2 Å². The van der Waals surface area contributed by atoms with E-state index in [1.807, 2.05) is 104 Å². The van der Waals surface area contributed by atoms with Gasteiger partial charge in [0, 0.05) is 67.5 Å². The zero-order chi connectivity index (χ0) is 47.6. The highest BCUT2D eigenvalue weighted by atomic mass is 16.6. The molecule has 8 aromatic heterocycles. The second kappa shape index (κ2) is 17.1. The number of aromatic nitrogens is 14. The van der Waals surface area contributed by atoms with Crippen molar-refractivity contribution in [2.24, 2.45) is 14.1 Å². The van der Waals surface area contributed by atoms with Crippen molar-refractivity contribution in [1.29, 1.82) is 0 Å². The third-order valence-corrected chi connectivity index (χ3v) is 13.2. The minimum absolute atomic E-state index is 0.0421. The molecule has 0 radical (unpaired) electrons. The predicted octanol–water partition coefficient (Wildman–Crippen LogP) is 7.36. The lowest BCUT2D eigenvalue weighted by molar-refractivity contribution is 0.0289. The molecule has 1 amide bonds. The summed E-state index contributed by atoms with van der Waals surface area (Å²) in [6.45, 7) is 6.48. The number of hydrogen-bond donors (Lipinski definition) is 0. The Morgan fingerprint density at radius 1 is 0.609 bits per heavy atom. The molecule has 19 heteroatoms. The first-order valence-corrected chi connectivity index (χ1v) is 23.0. The van der Waals surface area contributed by atoms with E-state index in [4.69, 9.17) is 4.74 Å². The quantitative estimate of drug-likeness (QED) is 0.161. The Morgan fingerprint density at radius 2 is 1.10 bits per heavy atom. The maximum atomic E-state index is 13.5. The number of benzene rings is 2. The molecule has 0 N–H and O–H groups in total. The first kappa shape index (κ1) is 43.2. The molecule has 1 saturated carbocycles. The van der Waals surface area contributed by atoms with Crippen LogP contribution in [-0.4, -0.2) is 97.9 Å². The molecule has 0 spiro atoms. The number of nitrogens with zero attached hydrogens (tertiary/aromatic N) is 15. The van der Waals surface area contributed by atoms with E-state index in [2.05, 4.69) is 46.6 Å². The molecule has 2 fully saturated rings. The molecule has 0 unspecified atom stereocenters. The average Bonchev–Trinajstić information content (AvgIpc) is 4.24. The van der Waals surface area contributed by atoms with Crippen molar-refractivity contribution in [3.05, 3.63) is 131 Å². The van der Waals surface area contributed by atoms with Crippen LogP contribution < -0.4 is 11.4 Å². The fourth-order valence-corrected chi connectivity index (χ4v) is 9.74. The molecule has 0 bridgehead atoms. The smallest absolute Gasteiger partial charge is 0.410 e. The standard InChI is InChI=1S/C27H28N8O3.C23H21N7O/c1-27(2,3)38-26(37)33-11-9-19(16-33)35-24-20-13-17(5-7-21(20)28-15-22(24)32(4)25(35)36)18-6-8-23(29-14-18)34-12-10-30-31-34;1-28-20-14-24-19-8-6-15(16-7-9-21(25-13-16)29-11-10-26-27-29)12-18(19)22(20)30(23(28)31)17-4-2-3-5-17/h5-8,10,12-15,19H,9,11,16H2,1-4H3;6-14,17H,2-5H2,1H3/t19-;/m0./s1. The van der Waals surface area contributed by atoms with Crippen molar-refractivity contribution in [1.82, 2.24) is 73.1 Å². The molecule has 12 rings (SSSR count). The van der Waals surface area contributed by atoms with Gasteiger partial charge in [-0.05, 0) is 99.7 Å². The summed E-state index contributed by atoms with van der Waals surface area (Å²) in [5.74, 6) is 1.38. The fraction of sp³-hybridized carbons (Fsp3) is 0.300. The largest absolute Gasteiger partial charge is 0.444 e. The molecule has 19 nitrogen and oxygen atoms in total. The van der Waals surface area contributed by atoms with Gasteiger partial charge in [0.15, 0.2) is 11.6 Å². The Bertz CT molecular complexity index is 3650. The molecule has 348 valence electrons. The summed E-state index contributed by atoms with van der Waals surface area (Å²) in [6.07, 6.45) is 18.7. The molecule has 9 heterocycles. The number of imidazole rings is 2. The van der Waals surface area contributed by atoms with Crippen molar-refractivity contribution in [3.63, 3.8) is 0 Å². The Hall–Kier alpha value is -8.35. The summed E-state index contributed by atoms with van der Waals surface area (Å²) in [7, 11) is 3.59. The highest BCUT2D eigenvalue weighted by Crippen LogP contribution is 2.36. The second-order valence-corrected chi connectivity index (χ2v) is 18.7. The van der Waals surface area contributed by atoms with Gasteiger partial charge in [0.05, 0.1) is 76.3 Å². The Balaban J connectivity index is 0.000000154. The Morgan fingerprint density at radius 3 is 1.55 bits per heavy atom. The number of rotatable bonds is 6. The van der Waals surface area contributed by atoms with Crippen LogP contribution in [-0.2, 0) is 18.8 Å². The van der Waals surface area contributed by atoms with E-state index in [0.717, 1.165) is 79.0 Å². The van der Waals surface area contributed by atoms with E-state index in [1.54, 1.807) is 67.6 Å². The van der Waals surface area contributed by atoms with Crippen molar-refractivity contribution in [2.45, 2.75) is 70.6 Å². The van der Waals surface area contributed by atoms with Crippen molar-refractivity contribution < 1.29 is 9.53 Å². The second-order valence-electron chi connectivity index (χ2n) is 18.7. The van der Waals surface area contributed by atoms with E-state index in [0.29, 0.717) is 31.1 Å². The molecular formula is C50H49N15O4. The van der Waals surface area contributed by atoms with Crippen molar-refractivity contribution in [2.75, 3.05) is 13.1 Å². The van der Waals surface area contributed by atoms with Gasteiger partial charge in [0.1, 0.15) is 5.60 Å².